The minimum Gasteiger partial charge on any atom is -0.376 e. The fourth-order valence-corrected chi connectivity index (χ4v) is 1.98. The molecule has 2 heterocycles. The molecule has 0 amide bonds. The fraction of sp³-hybridized carbons (Fsp3) is 0.800. The molecule has 1 aromatic rings. The molecule has 1 atom stereocenters. The molecule has 2 fully saturated rings. The summed E-state index contributed by atoms with van der Waals surface area (Å²) in [7, 11) is 0. The highest BCUT2D eigenvalue weighted by atomic mass is 16.6. The van der Waals surface area contributed by atoms with E-state index >= 15 is 0 Å². The average molecular weight is 225 g/mol. The summed E-state index contributed by atoms with van der Waals surface area (Å²) in [5, 5.41) is 3.92. The third-order valence-corrected chi connectivity index (χ3v) is 3.22. The Morgan fingerprint density at radius 1 is 1.31 bits per heavy atom. The van der Waals surface area contributed by atoms with Gasteiger partial charge in [0.2, 0.25) is 11.7 Å². The normalized spacial score (nSPS) is 28.7. The van der Waals surface area contributed by atoms with Gasteiger partial charge in [-0.1, -0.05) is 5.16 Å². The first-order valence-corrected chi connectivity index (χ1v) is 5.60. The van der Waals surface area contributed by atoms with E-state index in [1.54, 1.807) is 0 Å². The molecule has 3 rings (SSSR count). The van der Waals surface area contributed by atoms with Gasteiger partial charge in [-0.15, -0.1) is 0 Å². The Morgan fingerprint density at radius 2 is 2.19 bits per heavy atom. The van der Waals surface area contributed by atoms with Crippen LogP contribution in [0.2, 0.25) is 0 Å². The highest BCUT2D eigenvalue weighted by Gasteiger charge is 2.40. The molecule has 16 heavy (non-hydrogen) atoms. The Labute approximate surface area is 93.1 Å². The van der Waals surface area contributed by atoms with E-state index in [1.165, 1.54) is 0 Å². The lowest BCUT2D eigenvalue weighted by molar-refractivity contribution is -0.0941. The molecule has 2 aliphatic rings. The lowest BCUT2D eigenvalue weighted by Gasteiger charge is -2.33. The second-order valence-electron chi connectivity index (χ2n) is 4.40. The molecule has 0 radical (unpaired) electrons. The van der Waals surface area contributed by atoms with E-state index in [1.807, 2.05) is 0 Å². The van der Waals surface area contributed by atoms with Crippen molar-refractivity contribution in [1.82, 2.24) is 10.1 Å². The minimum absolute atomic E-state index is 0.213. The van der Waals surface area contributed by atoms with Gasteiger partial charge in [0.05, 0.1) is 25.4 Å². The van der Waals surface area contributed by atoms with Crippen molar-refractivity contribution in [3.05, 3.63) is 11.7 Å². The predicted molar refractivity (Wildman–Crippen MR) is 53.5 cm³/mol. The number of hydrogen-bond acceptors (Lipinski definition) is 6. The van der Waals surface area contributed by atoms with Crippen molar-refractivity contribution in [2.45, 2.75) is 30.9 Å². The average Bonchev–Trinajstić information content (AvgIpc) is 2.77. The van der Waals surface area contributed by atoms with E-state index in [2.05, 4.69) is 10.1 Å². The summed E-state index contributed by atoms with van der Waals surface area (Å²) in [6.07, 6.45) is 2.74. The molecule has 88 valence electrons. The number of aromatic nitrogens is 2. The maximum atomic E-state index is 6.10. The topological polar surface area (TPSA) is 83.4 Å². The molecule has 0 spiro atoms. The quantitative estimate of drug-likeness (QED) is 0.788. The Kier molecular flexibility index (Phi) is 2.42. The number of nitrogens with zero attached hydrogens (tertiary/aromatic N) is 2. The first-order valence-electron chi connectivity index (χ1n) is 5.60. The number of nitrogens with two attached hydrogens (primary N) is 1. The first-order chi connectivity index (χ1) is 7.78. The van der Waals surface area contributed by atoms with Crippen LogP contribution in [0.3, 0.4) is 0 Å². The molecule has 1 aliphatic carbocycles. The van der Waals surface area contributed by atoms with Gasteiger partial charge in [0.15, 0.2) is 0 Å². The fourth-order valence-electron chi connectivity index (χ4n) is 1.98. The van der Waals surface area contributed by atoms with Gasteiger partial charge in [-0.2, -0.15) is 4.98 Å². The van der Waals surface area contributed by atoms with Gasteiger partial charge in [-0.25, -0.2) is 0 Å². The third-order valence-electron chi connectivity index (χ3n) is 3.22. The SMILES string of the molecule is NC1(c2nc(C3COCCO3)no2)CCC1. The van der Waals surface area contributed by atoms with Crippen molar-refractivity contribution in [3.63, 3.8) is 0 Å². The third kappa shape index (κ3) is 1.63. The molecular formula is C10H15N3O3. The molecular weight excluding hydrogens is 210 g/mol. The number of rotatable bonds is 2. The van der Waals surface area contributed by atoms with Crippen LogP contribution >= 0.6 is 0 Å². The van der Waals surface area contributed by atoms with E-state index in [0.29, 0.717) is 31.5 Å². The van der Waals surface area contributed by atoms with Gasteiger partial charge in [0, 0.05) is 0 Å². The van der Waals surface area contributed by atoms with Gasteiger partial charge in [-0.3, -0.25) is 0 Å². The van der Waals surface area contributed by atoms with Crippen molar-refractivity contribution >= 4 is 0 Å². The van der Waals surface area contributed by atoms with Crippen LogP contribution < -0.4 is 5.73 Å². The Hall–Kier alpha value is -0.980. The highest BCUT2D eigenvalue weighted by Crippen LogP contribution is 2.38. The molecule has 6 nitrogen and oxygen atoms in total. The number of hydrogen-bond donors (Lipinski definition) is 1. The molecule has 1 saturated heterocycles. The molecule has 1 unspecified atom stereocenters. The summed E-state index contributed by atoms with van der Waals surface area (Å²) in [6, 6.07) is 0. The van der Waals surface area contributed by atoms with Gasteiger partial charge in [-0.05, 0) is 19.3 Å². The molecule has 0 aromatic carbocycles. The van der Waals surface area contributed by atoms with Crippen LogP contribution in [0.15, 0.2) is 4.52 Å². The van der Waals surface area contributed by atoms with Crippen LogP contribution in [-0.4, -0.2) is 30.0 Å². The second-order valence-corrected chi connectivity index (χ2v) is 4.40. The predicted octanol–water partition coefficient (Wildman–Crippen LogP) is 0.495. The Balaban J connectivity index is 1.76. The molecule has 6 heteroatoms. The maximum Gasteiger partial charge on any atom is 0.246 e. The standard InChI is InChI=1S/C10H15N3O3/c11-10(2-1-3-10)9-12-8(13-16-9)7-6-14-4-5-15-7/h7H,1-6,11H2. The van der Waals surface area contributed by atoms with Gasteiger partial charge >= 0.3 is 0 Å². The molecule has 1 aliphatic heterocycles. The summed E-state index contributed by atoms with van der Waals surface area (Å²) in [6.45, 7) is 1.68. The van der Waals surface area contributed by atoms with Crippen LogP contribution in [0.1, 0.15) is 37.1 Å². The van der Waals surface area contributed by atoms with Crippen molar-refractivity contribution < 1.29 is 14.0 Å². The lowest BCUT2D eigenvalue weighted by Crippen LogP contribution is -2.43. The highest BCUT2D eigenvalue weighted by molar-refractivity contribution is 5.08. The van der Waals surface area contributed by atoms with Crippen LogP contribution in [0.4, 0.5) is 0 Å². The summed E-state index contributed by atoms with van der Waals surface area (Å²) < 4.78 is 16.0. The first kappa shape index (κ1) is 10.2. The summed E-state index contributed by atoms with van der Waals surface area (Å²) in [4.78, 5) is 4.32. The van der Waals surface area contributed by atoms with Crippen LogP contribution in [0, 0.1) is 0 Å². The zero-order chi connectivity index (χ0) is 11.0. The van der Waals surface area contributed by atoms with E-state index in [0.717, 1.165) is 19.3 Å². The van der Waals surface area contributed by atoms with Crippen molar-refractivity contribution in [1.29, 1.82) is 0 Å². The maximum absolute atomic E-state index is 6.10. The van der Waals surface area contributed by atoms with Gasteiger partial charge in [0.1, 0.15) is 6.10 Å². The molecule has 1 aromatic heterocycles. The Bertz CT molecular complexity index is 369. The van der Waals surface area contributed by atoms with E-state index < -0.39 is 5.54 Å². The largest absolute Gasteiger partial charge is 0.376 e. The van der Waals surface area contributed by atoms with Gasteiger partial charge in [0.25, 0.3) is 0 Å². The molecule has 0 bridgehead atoms. The summed E-state index contributed by atoms with van der Waals surface area (Å²) >= 11 is 0. The second kappa shape index (κ2) is 3.80. The Morgan fingerprint density at radius 3 is 2.81 bits per heavy atom. The van der Waals surface area contributed by atoms with Crippen LogP contribution in [-0.2, 0) is 15.0 Å². The minimum atomic E-state index is -0.402. The zero-order valence-corrected chi connectivity index (χ0v) is 9.02. The zero-order valence-electron chi connectivity index (χ0n) is 9.02. The van der Waals surface area contributed by atoms with Gasteiger partial charge < -0.3 is 19.7 Å². The van der Waals surface area contributed by atoms with Crippen molar-refractivity contribution in [2.75, 3.05) is 19.8 Å². The van der Waals surface area contributed by atoms with Crippen LogP contribution in [0.25, 0.3) is 0 Å². The number of ether oxygens (including phenoxy) is 2. The van der Waals surface area contributed by atoms with Crippen molar-refractivity contribution in [3.8, 4) is 0 Å². The van der Waals surface area contributed by atoms with E-state index in [4.69, 9.17) is 19.7 Å². The van der Waals surface area contributed by atoms with Crippen LogP contribution in [0.5, 0.6) is 0 Å². The van der Waals surface area contributed by atoms with Crippen molar-refractivity contribution in [2.24, 2.45) is 5.73 Å². The molecule has 2 N–H and O–H groups in total. The van der Waals surface area contributed by atoms with E-state index in [9.17, 15) is 0 Å². The monoisotopic (exact) mass is 225 g/mol. The lowest BCUT2D eigenvalue weighted by atomic mass is 9.78. The summed E-state index contributed by atoms with van der Waals surface area (Å²) in [5.41, 5.74) is 5.70. The smallest absolute Gasteiger partial charge is 0.246 e. The summed E-state index contributed by atoms with van der Waals surface area (Å²) in [5.74, 6) is 1.08. The molecule has 1 saturated carbocycles. The van der Waals surface area contributed by atoms with E-state index in [-0.39, 0.29) is 6.10 Å².